The SMILES string of the molecule is CC(C)S(=O)(=O)c1cccc(Oc2cccc(-c3c(C(C)(C)C)nc4c(N)cccn34)c2)c1. The number of rotatable bonds is 5. The summed E-state index contributed by atoms with van der Waals surface area (Å²) in [6.07, 6.45) is 1.96. The van der Waals surface area contributed by atoms with Crippen LogP contribution in [-0.2, 0) is 15.3 Å². The largest absolute Gasteiger partial charge is 0.457 e. The van der Waals surface area contributed by atoms with Crippen molar-refractivity contribution in [2.75, 3.05) is 5.73 Å². The lowest BCUT2D eigenvalue weighted by Gasteiger charge is -2.18. The highest BCUT2D eigenvalue weighted by Gasteiger charge is 2.26. The molecule has 0 saturated carbocycles. The summed E-state index contributed by atoms with van der Waals surface area (Å²) in [5, 5.41) is -0.505. The minimum atomic E-state index is -3.39. The molecule has 7 heteroatoms. The van der Waals surface area contributed by atoms with E-state index >= 15 is 0 Å². The number of hydrogen-bond acceptors (Lipinski definition) is 5. The van der Waals surface area contributed by atoms with Gasteiger partial charge in [0.1, 0.15) is 11.5 Å². The number of ether oxygens (including phenoxy) is 1. The molecule has 0 atom stereocenters. The van der Waals surface area contributed by atoms with Crippen molar-refractivity contribution in [3.05, 3.63) is 72.6 Å². The molecule has 0 aliphatic heterocycles. The lowest BCUT2D eigenvalue weighted by molar-refractivity contribution is 0.481. The monoisotopic (exact) mass is 463 g/mol. The number of imidazole rings is 1. The molecule has 0 saturated heterocycles. The predicted octanol–water partition coefficient (Wildman–Crippen LogP) is 5.86. The molecule has 0 aliphatic rings. The molecule has 0 unspecified atom stereocenters. The van der Waals surface area contributed by atoms with Crippen LogP contribution in [0.15, 0.2) is 71.8 Å². The second-order valence-electron chi connectivity index (χ2n) is 9.41. The van der Waals surface area contributed by atoms with E-state index in [-0.39, 0.29) is 10.3 Å². The molecular formula is C26H29N3O3S. The Balaban J connectivity index is 1.78. The first-order chi connectivity index (χ1) is 15.5. The average Bonchev–Trinajstić information content (AvgIpc) is 3.16. The van der Waals surface area contributed by atoms with Crippen LogP contribution in [0.1, 0.15) is 40.3 Å². The Hall–Kier alpha value is -3.32. The predicted molar refractivity (Wildman–Crippen MR) is 133 cm³/mol. The van der Waals surface area contributed by atoms with Gasteiger partial charge in [-0.2, -0.15) is 0 Å². The topological polar surface area (TPSA) is 86.7 Å². The molecule has 172 valence electrons. The van der Waals surface area contributed by atoms with E-state index in [9.17, 15) is 8.42 Å². The summed E-state index contributed by atoms with van der Waals surface area (Å²) in [7, 11) is -3.39. The highest BCUT2D eigenvalue weighted by molar-refractivity contribution is 7.92. The second-order valence-corrected chi connectivity index (χ2v) is 11.9. The van der Waals surface area contributed by atoms with Gasteiger partial charge in [-0.3, -0.25) is 4.40 Å². The number of hydrogen-bond donors (Lipinski definition) is 1. The molecule has 0 spiro atoms. The Kier molecular flexibility index (Phi) is 5.70. The van der Waals surface area contributed by atoms with Gasteiger partial charge >= 0.3 is 0 Å². The number of anilines is 1. The van der Waals surface area contributed by atoms with Crippen LogP contribution in [0.4, 0.5) is 5.69 Å². The molecule has 2 N–H and O–H groups in total. The van der Waals surface area contributed by atoms with E-state index in [1.807, 2.05) is 47.0 Å². The fourth-order valence-electron chi connectivity index (χ4n) is 3.72. The van der Waals surface area contributed by atoms with Crippen molar-refractivity contribution >= 4 is 21.2 Å². The maximum absolute atomic E-state index is 12.6. The fraction of sp³-hybridized carbons (Fsp3) is 0.269. The number of aromatic nitrogens is 2. The van der Waals surface area contributed by atoms with Crippen molar-refractivity contribution < 1.29 is 13.2 Å². The van der Waals surface area contributed by atoms with E-state index in [1.165, 1.54) is 0 Å². The molecule has 2 heterocycles. The molecule has 0 aliphatic carbocycles. The highest BCUT2D eigenvalue weighted by atomic mass is 32.2. The van der Waals surface area contributed by atoms with Crippen LogP contribution in [0.25, 0.3) is 16.9 Å². The molecule has 2 aromatic carbocycles. The van der Waals surface area contributed by atoms with Gasteiger partial charge in [0.15, 0.2) is 15.5 Å². The van der Waals surface area contributed by atoms with Gasteiger partial charge in [0.05, 0.1) is 27.2 Å². The Bertz CT molecular complexity index is 1430. The third-order valence-electron chi connectivity index (χ3n) is 5.49. The molecule has 0 amide bonds. The molecular weight excluding hydrogens is 434 g/mol. The summed E-state index contributed by atoms with van der Waals surface area (Å²) in [5.74, 6) is 1.07. The Morgan fingerprint density at radius 1 is 0.970 bits per heavy atom. The van der Waals surface area contributed by atoms with Gasteiger partial charge in [-0.15, -0.1) is 0 Å². The number of pyridine rings is 1. The Labute approximate surface area is 195 Å². The van der Waals surface area contributed by atoms with Crippen molar-refractivity contribution in [2.45, 2.75) is 50.2 Å². The standard InChI is InChI=1S/C26H29N3O3S/c1-17(2)33(30,31)21-12-7-11-20(16-21)32-19-10-6-9-18(15-19)23-24(26(3,4)5)28-25-22(27)13-8-14-29(23)25/h6-17H,27H2,1-5H3. The maximum atomic E-state index is 12.6. The van der Waals surface area contributed by atoms with E-state index in [1.54, 1.807) is 38.1 Å². The van der Waals surface area contributed by atoms with Crippen LogP contribution in [0, 0.1) is 0 Å². The first-order valence-electron chi connectivity index (χ1n) is 10.9. The molecule has 0 bridgehead atoms. The van der Waals surface area contributed by atoms with Gasteiger partial charge in [0.2, 0.25) is 0 Å². The summed E-state index contributed by atoms with van der Waals surface area (Å²) in [6.45, 7) is 9.70. The summed E-state index contributed by atoms with van der Waals surface area (Å²) in [5.41, 5.74) is 10.1. The smallest absolute Gasteiger partial charge is 0.180 e. The van der Waals surface area contributed by atoms with Gasteiger partial charge < -0.3 is 10.5 Å². The van der Waals surface area contributed by atoms with Gasteiger partial charge in [-0.05, 0) is 56.3 Å². The maximum Gasteiger partial charge on any atom is 0.180 e. The summed E-state index contributed by atoms with van der Waals surface area (Å²) in [4.78, 5) is 5.11. The number of nitrogen functional groups attached to an aromatic ring is 1. The number of benzene rings is 2. The number of sulfone groups is 1. The zero-order valence-electron chi connectivity index (χ0n) is 19.5. The van der Waals surface area contributed by atoms with E-state index in [0.717, 1.165) is 22.6 Å². The van der Waals surface area contributed by atoms with Gasteiger partial charge in [-0.25, -0.2) is 13.4 Å². The van der Waals surface area contributed by atoms with E-state index < -0.39 is 15.1 Å². The van der Waals surface area contributed by atoms with E-state index in [4.69, 9.17) is 15.5 Å². The summed E-state index contributed by atoms with van der Waals surface area (Å²) in [6, 6.07) is 18.1. The zero-order valence-corrected chi connectivity index (χ0v) is 20.3. The van der Waals surface area contributed by atoms with Crippen LogP contribution in [0.2, 0.25) is 0 Å². The van der Waals surface area contributed by atoms with E-state index in [2.05, 4.69) is 20.8 Å². The van der Waals surface area contributed by atoms with Crippen molar-refractivity contribution in [3.8, 4) is 22.8 Å². The third-order valence-corrected chi connectivity index (χ3v) is 7.64. The van der Waals surface area contributed by atoms with Crippen LogP contribution < -0.4 is 10.5 Å². The molecule has 4 aromatic rings. The molecule has 6 nitrogen and oxygen atoms in total. The minimum absolute atomic E-state index is 0.204. The zero-order chi connectivity index (χ0) is 24.0. The van der Waals surface area contributed by atoms with Gasteiger partial charge in [-0.1, -0.05) is 39.0 Å². The van der Waals surface area contributed by atoms with Crippen LogP contribution in [0.5, 0.6) is 11.5 Å². The van der Waals surface area contributed by atoms with Crippen LogP contribution >= 0.6 is 0 Å². The summed E-state index contributed by atoms with van der Waals surface area (Å²) < 4.78 is 33.2. The van der Waals surface area contributed by atoms with Gasteiger partial charge in [0, 0.05) is 17.2 Å². The normalized spacial score (nSPS) is 12.4. The molecule has 0 radical (unpaired) electrons. The first-order valence-corrected chi connectivity index (χ1v) is 12.4. The van der Waals surface area contributed by atoms with E-state index in [0.29, 0.717) is 17.2 Å². The fourth-order valence-corrected chi connectivity index (χ4v) is 4.81. The van der Waals surface area contributed by atoms with Crippen LogP contribution in [0.3, 0.4) is 0 Å². The van der Waals surface area contributed by atoms with Crippen molar-refractivity contribution in [1.82, 2.24) is 9.38 Å². The molecule has 2 aromatic heterocycles. The molecule has 33 heavy (non-hydrogen) atoms. The van der Waals surface area contributed by atoms with Crippen molar-refractivity contribution in [1.29, 1.82) is 0 Å². The quantitative estimate of drug-likeness (QED) is 0.401. The lowest BCUT2D eigenvalue weighted by atomic mass is 9.89. The Morgan fingerprint density at radius 2 is 1.64 bits per heavy atom. The number of fused-ring (bicyclic) bond motifs is 1. The van der Waals surface area contributed by atoms with Gasteiger partial charge in [0.25, 0.3) is 0 Å². The molecule has 0 fully saturated rings. The number of nitrogens with zero attached hydrogens (tertiary/aromatic N) is 2. The number of nitrogens with two attached hydrogens (primary N) is 1. The summed E-state index contributed by atoms with van der Waals surface area (Å²) >= 11 is 0. The van der Waals surface area contributed by atoms with Crippen molar-refractivity contribution in [2.24, 2.45) is 0 Å². The van der Waals surface area contributed by atoms with Crippen LogP contribution in [-0.4, -0.2) is 23.1 Å². The molecule has 4 rings (SSSR count). The minimum Gasteiger partial charge on any atom is -0.457 e. The van der Waals surface area contributed by atoms with Crippen molar-refractivity contribution in [3.63, 3.8) is 0 Å². The Morgan fingerprint density at radius 3 is 2.30 bits per heavy atom. The lowest BCUT2D eigenvalue weighted by Crippen LogP contribution is -2.13. The highest BCUT2D eigenvalue weighted by Crippen LogP contribution is 2.36. The first kappa shape index (κ1) is 22.9. The average molecular weight is 464 g/mol. The second kappa shape index (κ2) is 8.23. The third kappa shape index (κ3) is 4.33.